The summed E-state index contributed by atoms with van der Waals surface area (Å²) in [5, 5.41) is 0. The summed E-state index contributed by atoms with van der Waals surface area (Å²) < 4.78 is 11.0. The smallest absolute Gasteiger partial charge is 0.278 e. The van der Waals surface area contributed by atoms with Gasteiger partial charge < -0.3 is 9.47 Å². The Balaban J connectivity index is 3.03. The van der Waals surface area contributed by atoms with Crippen LogP contribution in [0.1, 0.15) is 31.1 Å². The molecule has 6 heteroatoms. The molecule has 0 aliphatic carbocycles. The lowest BCUT2D eigenvalue weighted by atomic mass is 10.1. The van der Waals surface area contributed by atoms with E-state index in [-0.39, 0.29) is 0 Å². The van der Waals surface area contributed by atoms with E-state index < -0.39 is 11.5 Å². The first-order valence-electron chi connectivity index (χ1n) is 5.68. The fourth-order valence-electron chi connectivity index (χ4n) is 1.32. The van der Waals surface area contributed by atoms with Gasteiger partial charge in [0.2, 0.25) is 0 Å². The Kier molecular flexibility index (Phi) is 5.20. The molecule has 1 rings (SSSR count). The average molecular weight is 332 g/mol. The number of rotatable bonds is 4. The molecule has 0 bridgehead atoms. The summed E-state index contributed by atoms with van der Waals surface area (Å²) in [5.74, 6) is 0.579. The predicted molar refractivity (Wildman–Crippen MR) is 75.6 cm³/mol. The van der Waals surface area contributed by atoms with Gasteiger partial charge in [0.1, 0.15) is 11.5 Å². The summed E-state index contributed by atoms with van der Waals surface area (Å²) in [5.41, 5.74) is 2.26. The molecule has 0 aliphatic heterocycles. The van der Waals surface area contributed by atoms with Gasteiger partial charge in [-0.2, -0.15) is 0 Å². The van der Waals surface area contributed by atoms with Gasteiger partial charge in [-0.05, 0) is 48.8 Å². The number of hydrogen-bond acceptors (Lipinski definition) is 4. The Morgan fingerprint density at radius 1 is 1.21 bits per heavy atom. The summed E-state index contributed by atoms with van der Waals surface area (Å²) in [6.07, 6.45) is 0. The van der Waals surface area contributed by atoms with Gasteiger partial charge in [-0.3, -0.25) is 9.63 Å². The van der Waals surface area contributed by atoms with Crippen LogP contribution in [0.4, 0.5) is 0 Å². The van der Waals surface area contributed by atoms with Gasteiger partial charge in [-0.1, -0.05) is 0 Å². The van der Waals surface area contributed by atoms with Gasteiger partial charge in [0.25, 0.3) is 5.91 Å². The number of hydrogen-bond donors (Lipinski definition) is 1. The van der Waals surface area contributed by atoms with Crippen molar-refractivity contribution in [2.75, 3.05) is 14.2 Å². The van der Waals surface area contributed by atoms with Crippen LogP contribution in [0.2, 0.25) is 0 Å². The van der Waals surface area contributed by atoms with Gasteiger partial charge in [0.15, 0.2) is 0 Å². The molecule has 0 aliphatic rings. The Morgan fingerprint density at radius 2 is 1.84 bits per heavy atom. The number of amides is 1. The maximum Gasteiger partial charge on any atom is 0.278 e. The molecule has 0 radical (unpaired) electrons. The molecule has 1 N–H and O–H groups in total. The van der Waals surface area contributed by atoms with E-state index in [2.05, 4.69) is 21.4 Å². The number of hydroxylamine groups is 1. The molecular weight excluding hydrogens is 314 g/mol. The number of halogens is 1. The Bertz CT molecular complexity index is 468. The second-order valence-electron chi connectivity index (χ2n) is 4.84. The van der Waals surface area contributed by atoms with Crippen molar-refractivity contribution in [3.05, 3.63) is 22.2 Å². The number of benzene rings is 1. The van der Waals surface area contributed by atoms with Gasteiger partial charge >= 0.3 is 0 Å². The number of nitrogens with one attached hydrogen (secondary N) is 1. The van der Waals surface area contributed by atoms with Crippen LogP contribution in [0.3, 0.4) is 0 Å². The standard InChI is InChI=1S/C13H18BrNO4/c1-13(2,3)19-15-12(16)9-6-8(17-4)7-10(14)11(9)18-5/h6-7H,1-5H3,(H,15,16). The molecule has 106 valence electrons. The molecular formula is C13H18BrNO4. The highest BCUT2D eigenvalue weighted by atomic mass is 79.9. The first-order valence-corrected chi connectivity index (χ1v) is 6.47. The van der Waals surface area contributed by atoms with Gasteiger partial charge in [-0.15, -0.1) is 0 Å². The maximum atomic E-state index is 12.1. The highest BCUT2D eigenvalue weighted by Crippen LogP contribution is 2.33. The van der Waals surface area contributed by atoms with Gasteiger partial charge in [-0.25, -0.2) is 5.48 Å². The molecule has 1 aromatic carbocycles. The average Bonchev–Trinajstić information content (AvgIpc) is 2.33. The van der Waals surface area contributed by atoms with Crippen LogP contribution in [0, 0.1) is 0 Å². The zero-order valence-corrected chi connectivity index (χ0v) is 13.3. The molecule has 0 fully saturated rings. The number of methoxy groups -OCH3 is 2. The van der Waals surface area contributed by atoms with Crippen molar-refractivity contribution in [3.8, 4) is 11.5 Å². The fraction of sp³-hybridized carbons (Fsp3) is 0.462. The van der Waals surface area contributed by atoms with Crippen molar-refractivity contribution in [3.63, 3.8) is 0 Å². The van der Waals surface area contributed by atoms with Crippen molar-refractivity contribution < 1.29 is 19.1 Å². The van der Waals surface area contributed by atoms with E-state index >= 15 is 0 Å². The van der Waals surface area contributed by atoms with Crippen molar-refractivity contribution in [2.45, 2.75) is 26.4 Å². The number of carbonyl (C=O) groups is 1. The SMILES string of the molecule is COc1cc(Br)c(OC)c(C(=O)NOC(C)(C)C)c1. The number of carbonyl (C=O) groups excluding carboxylic acids is 1. The third-order valence-corrected chi connectivity index (χ3v) is 2.74. The minimum Gasteiger partial charge on any atom is -0.497 e. The Morgan fingerprint density at radius 3 is 2.32 bits per heavy atom. The predicted octanol–water partition coefficient (Wildman–Crippen LogP) is 2.93. The number of ether oxygens (including phenoxy) is 2. The molecule has 1 amide bonds. The van der Waals surface area contributed by atoms with E-state index in [1.54, 1.807) is 12.1 Å². The fourth-order valence-corrected chi connectivity index (χ4v) is 1.92. The molecule has 0 atom stereocenters. The normalized spacial score (nSPS) is 11.1. The molecule has 5 nitrogen and oxygen atoms in total. The van der Waals surface area contributed by atoms with E-state index in [4.69, 9.17) is 14.3 Å². The van der Waals surface area contributed by atoms with Crippen LogP contribution in [-0.2, 0) is 4.84 Å². The Hall–Kier alpha value is -1.27. The molecule has 0 saturated heterocycles. The molecule has 19 heavy (non-hydrogen) atoms. The second kappa shape index (κ2) is 6.25. The largest absolute Gasteiger partial charge is 0.497 e. The molecule has 0 saturated carbocycles. The highest BCUT2D eigenvalue weighted by molar-refractivity contribution is 9.10. The maximum absolute atomic E-state index is 12.1. The quantitative estimate of drug-likeness (QED) is 0.862. The third kappa shape index (κ3) is 4.40. The van der Waals surface area contributed by atoms with Crippen LogP contribution in [0.15, 0.2) is 16.6 Å². The van der Waals surface area contributed by atoms with Crippen molar-refractivity contribution in [1.82, 2.24) is 5.48 Å². The summed E-state index contributed by atoms with van der Waals surface area (Å²) in [6.45, 7) is 5.52. The van der Waals surface area contributed by atoms with Crippen LogP contribution in [-0.4, -0.2) is 25.7 Å². The minimum atomic E-state index is -0.473. The molecule has 0 heterocycles. The van der Waals surface area contributed by atoms with Crippen molar-refractivity contribution in [1.29, 1.82) is 0 Å². The lowest BCUT2D eigenvalue weighted by molar-refractivity contribution is -0.0590. The first-order chi connectivity index (χ1) is 8.78. The van der Waals surface area contributed by atoms with Crippen LogP contribution in [0.25, 0.3) is 0 Å². The summed E-state index contributed by atoms with van der Waals surface area (Å²) in [6, 6.07) is 3.31. The van der Waals surface area contributed by atoms with Crippen LogP contribution >= 0.6 is 15.9 Å². The van der Waals surface area contributed by atoms with E-state index in [1.165, 1.54) is 14.2 Å². The lowest BCUT2D eigenvalue weighted by Gasteiger charge is -2.20. The van der Waals surface area contributed by atoms with Gasteiger partial charge in [0.05, 0.1) is 29.9 Å². The highest BCUT2D eigenvalue weighted by Gasteiger charge is 2.19. The van der Waals surface area contributed by atoms with Crippen LogP contribution < -0.4 is 15.0 Å². The second-order valence-corrected chi connectivity index (χ2v) is 5.69. The zero-order chi connectivity index (χ0) is 14.6. The van der Waals surface area contributed by atoms with Crippen LogP contribution in [0.5, 0.6) is 11.5 Å². The van der Waals surface area contributed by atoms with E-state index in [0.29, 0.717) is 21.5 Å². The molecule has 1 aromatic rings. The van der Waals surface area contributed by atoms with Gasteiger partial charge in [0, 0.05) is 0 Å². The Labute approximate surface area is 121 Å². The monoisotopic (exact) mass is 331 g/mol. The summed E-state index contributed by atoms with van der Waals surface area (Å²) in [7, 11) is 3.02. The molecule has 0 spiro atoms. The molecule has 0 aromatic heterocycles. The third-order valence-electron chi connectivity index (χ3n) is 2.15. The topological polar surface area (TPSA) is 56.8 Å². The van der Waals surface area contributed by atoms with E-state index in [1.807, 2.05) is 20.8 Å². The summed E-state index contributed by atoms with van der Waals surface area (Å²) >= 11 is 3.33. The van der Waals surface area contributed by atoms with Crippen molar-refractivity contribution in [2.24, 2.45) is 0 Å². The van der Waals surface area contributed by atoms with E-state index in [0.717, 1.165) is 0 Å². The summed E-state index contributed by atoms with van der Waals surface area (Å²) in [4.78, 5) is 17.3. The molecule has 0 unspecified atom stereocenters. The lowest BCUT2D eigenvalue weighted by Crippen LogP contribution is -2.33. The van der Waals surface area contributed by atoms with Crippen molar-refractivity contribution >= 4 is 21.8 Å². The first kappa shape index (κ1) is 15.8. The van der Waals surface area contributed by atoms with E-state index in [9.17, 15) is 4.79 Å². The minimum absolute atomic E-state index is 0.331. The zero-order valence-electron chi connectivity index (χ0n) is 11.7.